The third kappa shape index (κ3) is 3.88. The van der Waals surface area contributed by atoms with Gasteiger partial charge in [-0.25, -0.2) is 0 Å². The van der Waals surface area contributed by atoms with Crippen molar-refractivity contribution in [1.29, 1.82) is 0 Å². The molecule has 0 spiro atoms. The minimum Gasteiger partial charge on any atom is -0.497 e. The van der Waals surface area contributed by atoms with E-state index < -0.39 is 0 Å². The van der Waals surface area contributed by atoms with Crippen LogP contribution >= 0.6 is 0 Å². The average molecular weight is 258 g/mol. The van der Waals surface area contributed by atoms with Crippen LogP contribution in [0.15, 0.2) is 36.5 Å². The van der Waals surface area contributed by atoms with Crippen molar-refractivity contribution < 1.29 is 9.53 Å². The summed E-state index contributed by atoms with van der Waals surface area (Å²) in [6.07, 6.45) is 2.27. The van der Waals surface area contributed by atoms with Crippen LogP contribution in [0.5, 0.6) is 5.75 Å². The third-order valence-electron chi connectivity index (χ3n) is 2.90. The Morgan fingerprint density at radius 2 is 2.00 bits per heavy atom. The summed E-state index contributed by atoms with van der Waals surface area (Å²) in [5, 5.41) is 2.90. The molecule has 0 saturated carbocycles. The van der Waals surface area contributed by atoms with E-state index in [1.54, 1.807) is 7.11 Å². The highest BCUT2D eigenvalue weighted by Crippen LogP contribution is 2.11. The van der Waals surface area contributed by atoms with Crippen LogP contribution in [0.2, 0.25) is 0 Å². The van der Waals surface area contributed by atoms with Crippen LogP contribution in [-0.4, -0.2) is 18.0 Å². The van der Waals surface area contributed by atoms with Gasteiger partial charge in [0.05, 0.1) is 13.5 Å². The Morgan fingerprint density at radius 3 is 2.58 bits per heavy atom. The van der Waals surface area contributed by atoms with Crippen LogP contribution in [0.25, 0.3) is 0 Å². The van der Waals surface area contributed by atoms with Crippen LogP contribution in [0.3, 0.4) is 0 Å². The molecule has 0 unspecified atom stereocenters. The van der Waals surface area contributed by atoms with Gasteiger partial charge in [-0.05, 0) is 36.2 Å². The van der Waals surface area contributed by atoms with E-state index in [0.29, 0.717) is 13.0 Å². The van der Waals surface area contributed by atoms with Crippen molar-refractivity contribution in [3.05, 3.63) is 53.3 Å². The standard InChI is InChI=1S/C15H18N2O2/c1-11-7-13(10-16-11)8-15(18)17-9-12-3-5-14(19-2)6-4-12/h3-7,10,16H,8-9H2,1-2H3,(H,17,18). The van der Waals surface area contributed by atoms with Gasteiger partial charge in [0.1, 0.15) is 5.75 Å². The summed E-state index contributed by atoms with van der Waals surface area (Å²) >= 11 is 0. The molecule has 1 aromatic carbocycles. The summed E-state index contributed by atoms with van der Waals surface area (Å²) in [6, 6.07) is 9.64. The zero-order chi connectivity index (χ0) is 13.7. The highest BCUT2D eigenvalue weighted by molar-refractivity contribution is 5.78. The number of carbonyl (C=O) groups excluding carboxylic acids is 1. The summed E-state index contributed by atoms with van der Waals surface area (Å²) in [6.45, 7) is 2.50. The first-order valence-corrected chi connectivity index (χ1v) is 6.21. The zero-order valence-corrected chi connectivity index (χ0v) is 11.2. The van der Waals surface area contributed by atoms with Gasteiger partial charge in [-0.15, -0.1) is 0 Å². The Balaban J connectivity index is 1.82. The molecular formula is C15H18N2O2. The Labute approximate surface area is 112 Å². The van der Waals surface area contributed by atoms with Gasteiger partial charge < -0.3 is 15.0 Å². The number of benzene rings is 1. The van der Waals surface area contributed by atoms with E-state index >= 15 is 0 Å². The van der Waals surface area contributed by atoms with Crippen LogP contribution < -0.4 is 10.1 Å². The molecule has 1 heterocycles. The number of aryl methyl sites for hydroxylation is 1. The van der Waals surface area contributed by atoms with Crippen molar-refractivity contribution in [2.75, 3.05) is 7.11 Å². The topological polar surface area (TPSA) is 54.1 Å². The molecule has 0 atom stereocenters. The summed E-state index contributed by atoms with van der Waals surface area (Å²) in [5.74, 6) is 0.840. The van der Waals surface area contributed by atoms with E-state index in [1.165, 1.54) is 0 Å². The number of hydrogen-bond acceptors (Lipinski definition) is 2. The number of nitrogens with one attached hydrogen (secondary N) is 2. The number of aromatic nitrogens is 1. The smallest absolute Gasteiger partial charge is 0.224 e. The fraction of sp³-hybridized carbons (Fsp3) is 0.267. The van der Waals surface area contributed by atoms with Gasteiger partial charge >= 0.3 is 0 Å². The van der Waals surface area contributed by atoms with Gasteiger partial charge in [0.25, 0.3) is 0 Å². The monoisotopic (exact) mass is 258 g/mol. The number of ether oxygens (including phenoxy) is 1. The predicted molar refractivity (Wildman–Crippen MR) is 74.1 cm³/mol. The third-order valence-corrected chi connectivity index (χ3v) is 2.90. The van der Waals surface area contributed by atoms with Crippen LogP contribution in [0.4, 0.5) is 0 Å². The van der Waals surface area contributed by atoms with Crippen molar-refractivity contribution in [2.45, 2.75) is 19.9 Å². The Hall–Kier alpha value is -2.23. The maximum atomic E-state index is 11.8. The van der Waals surface area contributed by atoms with E-state index in [4.69, 9.17) is 4.74 Å². The van der Waals surface area contributed by atoms with Crippen molar-refractivity contribution in [3.63, 3.8) is 0 Å². The summed E-state index contributed by atoms with van der Waals surface area (Å²) in [5.41, 5.74) is 3.13. The summed E-state index contributed by atoms with van der Waals surface area (Å²) in [4.78, 5) is 14.8. The van der Waals surface area contributed by atoms with E-state index in [1.807, 2.05) is 43.5 Å². The number of carbonyl (C=O) groups is 1. The molecule has 0 fully saturated rings. The first kappa shape index (κ1) is 13.2. The molecule has 2 aromatic rings. The lowest BCUT2D eigenvalue weighted by Gasteiger charge is -2.05. The second-order valence-electron chi connectivity index (χ2n) is 4.49. The lowest BCUT2D eigenvalue weighted by Crippen LogP contribution is -2.24. The molecule has 0 aliphatic carbocycles. The molecule has 2 rings (SSSR count). The van der Waals surface area contributed by atoms with Crippen molar-refractivity contribution in [3.8, 4) is 5.75 Å². The zero-order valence-electron chi connectivity index (χ0n) is 11.2. The first-order chi connectivity index (χ1) is 9.17. The Morgan fingerprint density at radius 1 is 1.26 bits per heavy atom. The van der Waals surface area contributed by atoms with Crippen LogP contribution in [0, 0.1) is 6.92 Å². The minimum absolute atomic E-state index is 0.0230. The number of amides is 1. The van der Waals surface area contributed by atoms with Gasteiger partial charge in [-0.1, -0.05) is 12.1 Å². The fourth-order valence-corrected chi connectivity index (χ4v) is 1.86. The van der Waals surface area contributed by atoms with Gasteiger partial charge in [0, 0.05) is 18.4 Å². The molecule has 19 heavy (non-hydrogen) atoms. The molecule has 2 N–H and O–H groups in total. The molecule has 0 aliphatic rings. The van der Waals surface area contributed by atoms with E-state index in [2.05, 4.69) is 10.3 Å². The summed E-state index contributed by atoms with van der Waals surface area (Å²) in [7, 11) is 1.63. The lowest BCUT2D eigenvalue weighted by atomic mass is 10.2. The van der Waals surface area contributed by atoms with E-state index in [9.17, 15) is 4.79 Å². The SMILES string of the molecule is COc1ccc(CNC(=O)Cc2c[nH]c(C)c2)cc1. The Kier molecular flexibility index (Phi) is 4.23. The van der Waals surface area contributed by atoms with Gasteiger partial charge in [-0.2, -0.15) is 0 Å². The maximum absolute atomic E-state index is 11.8. The number of methoxy groups -OCH3 is 1. The fourth-order valence-electron chi connectivity index (χ4n) is 1.86. The van der Waals surface area contributed by atoms with Crippen LogP contribution in [-0.2, 0) is 17.8 Å². The van der Waals surface area contributed by atoms with Gasteiger partial charge in [-0.3, -0.25) is 4.79 Å². The molecular weight excluding hydrogens is 240 g/mol. The maximum Gasteiger partial charge on any atom is 0.224 e. The first-order valence-electron chi connectivity index (χ1n) is 6.21. The molecule has 0 radical (unpaired) electrons. The predicted octanol–water partition coefficient (Wildman–Crippen LogP) is 2.19. The molecule has 100 valence electrons. The number of aromatic amines is 1. The largest absolute Gasteiger partial charge is 0.497 e. The highest BCUT2D eigenvalue weighted by atomic mass is 16.5. The molecule has 0 bridgehead atoms. The average Bonchev–Trinajstić information content (AvgIpc) is 2.82. The van der Waals surface area contributed by atoms with Crippen molar-refractivity contribution >= 4 is 5.91 Å². The Bertz CT molecular complexity index is 544. The van der Waals surface area contributed by atoms with Gasteiger partial charge in [0.15, 0.2) is 0 Å². The number of rotatable bonds is 5. The summed E-state index contributed by atoms with van der Waals surface area (Å²) < 4.78 is 5.09. The molecule has 1 amide bonds. The lowest BCUT2D eigenvalue weighted by molar-refractivity contribution is -0.120. The molecule has 1 aromatic heterocycles. The van der Waals surface area contributed by atoms with E-state index in [0.717, 1.165) is 22.6 Å². The second-order valence-corrected chi connectivity index (χ2v) is 4.49. The molecule has 4 heteroatoms. The number of H-pyrrole nitrogens is 1. The second kappa shape index (κ2) is 6.09. The molecule has 0 aliphatic heterocycles. The van der Waals surface area contributed by atoms with Crippen molar-refractivity contribution in [1.82, 2.24) is 10.3 Å². The quantitative estimate of drug-likeness (QED) is 0.863. The molecule has 0 saturated heterocycles. The van der Waals surface area contributed by atoms with Crippen molar-refractivity contribution in [2.24, 2.45) is 0 Å². The number of hydrogen-bond donors (Lipinski definition) is 2. The van der Waals surface area contributed by atoms with Gasteiger partial charge in [0.2, 0.25) is 5.91 Å². The minimum atomic E-state index is 0.0230. The highest BCUT2D eigenvalue weighted by Gasteiger charge is 2.04. The molecule has 4 nitrogen and oxygen atoms in total. The normalized spacial score (nSPS) is 10.2. The van der Waals surface area contributed by atoms with Crippen LogP contribution in [0.1, 0.15) is 16.8 Å². The van der Waals surface area contributed by atoms with E-state index in [-0.39, 0.29) is 5.91 Å².